The quantitative estimate of drug-likeness (QED) is 0.882. The van der Waals surface area contributed by atoms with Crippen molar-refractivity contribution in [2.75, 3.05) is 14.2 Å². The molecule has 108 valence electrons. The molecule has 5 heteroatoms. The van der Waals surface area contributed by atoms with Crippen molar-refractivity contribution in [3.8, 4) is 17.6 Å². The van der Waals surface area contributed by atoms with Crippen LogP contribution in [0.5, 0.6) is 11.5 Å². The van der Waals surface area contributed by atoms with E-state index in [4.69, 9.17) is 9.47 Å². The maximum absolute atomic E-state index is 9.41. The summed E-state index contributed by atoms with van der Waals surface area (Å²) in [5.74, 6) is 1.18. The maximum atomic E-state index is 9.41. The van der Waals surface area contributed by atoms with E-state index in [0.717, 1.165) is 11.3 Å². The molecule has 0 aliphatic rings. The first-order valence-electron chi connectivity index (χ1n) is 6.54. The van der Waals surface area contributed by atoms with Gasteiger partial charge in [0.05, 0.1) is 26.0 Å². The predicted molar refractivity (Wildman–Crippen MR) is 79.0 cm³/mol. The molecule has 0 aliphatic heterocycles. The standard InChI is InChI=1S/C16H17N3O2/c1-20-15-8-5-7-13(16(15)21-2)14(10-17)19-11-12-6-3-4-9-18-12/h3-9,14,19H,11H2,1-2H3. The summed E-state index contributed by atoms with van der Waals surface area (Å²) in [7, 11) is 3.14. The van der Waals surface area contributed by atoms with Crippen molar-refractivity contribution >= 4 is 0 Å². The van der Waals surface area contributed by atoms with Crippen LogP contribution < -0.4 is 14.8 Å². The lowest BCUT2D eigenvalue weighted by Gasteiger charge is -2.17. The van der Waals surface area contributed by atoms with Gasteiger partial charge in [-0.15, -0.1) is 0 Å². The third-order valence-corrected chi connectivity index (χ3v) is 3.09. The first-order valence-corrected chi connectivity index (χ1v) is 6.54. The van der Waals surface area contributed by atoms with Crippen LogP contribution in [-0.4, -0.2) is 19.2 Å². The number of nitrogens with zero attached hydrogens (tertiary/aromatic N) is 2. The van der Waals surface area contributed by atoms with Crippen molar-refractivity contribution in [3.63, 3.8) is 0 Å². The number of methoxy groups -OCH3 is 2. The van der Waals surface area contributed by atoms with E-state index in [1.54, 1.807) is 26.5 Å². The van der Waals surface area contributed by atoms with Gasteiger partial charge in [-0.2, -0.15) is 5.26 Å². The number of nitriles is 1. The lowest BCUT2D eigenvalue weighted by Crippen LogP contribution is -2.20. The molecule has 0 spiro atoms. The molecule has 0 amide bonds. The van der Waals surface area contributed by atoms with Gasteiger partial charge in [0, 0.05) is 18.3 Å². The van der Waals surface area contributed by atoms with Crippen molar-refractivity contribution in [2.45, 2.75) is 12.6 Å². The van der Waals surface area contributed by atoms with Crippen molar-refractivity contribution < 1.29 is 9.47 Å². The van der Waals surface area contributed by atoms with E-state index in [9.17, 15) is 5.26 Å². The van der Waals surface area contributed by atoms with Crippen molar-refractivity contribution in [1.82, 2.24) is 10.3 Å². The highest BCUT2D eigenvalue weighted by Crippen LogP contribution is 2.34. The lowest BCUT2D eigenvalue weighted by atomic mass is 10.1. The van der Waals surface area contributed by atoms with Crippen LogP contribution in [0, 0.1) is 11.3 Å². The second-order valence-corrected chi connectivity index (χ2v) is 4.35. The summed E-state index contributed by atoms with van der Waals surface area (Å²) in [6.45, 7) is 0.499. The highest BCUT2D eigenvalue weighted by atomic mass is 16.5. The van der Waals surface area contributed by atoms with Gasteiger partial charge in [0.1, 0.15) is 6.04 Å². The molecular formula is C16H17N3O2. The van der Waals surface area contributed by atoms with Crippen LogP contribution in [0.4, 0.5) is 0 Å². The molecule has 1 heterocycles. The third kappa shape index (κ3) is 3.50. The smallest absolute Gasteiger partial charge is 0.166 e. The van der Waals surface area contributed by atoms with Gasteiger partial charge >= 0.3 is 0 Å². The zero-order chi connectivity index (χ0) is 15.1. The molecule has 2 rings (SSSR count). The number of hydrogen-bond acceptors (Lipinski definition) is 5. The number of rotatable bonds is 6. The van der Waals surface area contributed by atoms with E-state index in [2.05, 4.69) is 16.4 Å². The molecule has 21 heavy (non-hydrogen) atoms. The van der Waals surface area contributed by atoms with E-state index < -0.39 is 6.04 Å². The van der Waals surface area contributed by atoms with E-state index in [1.807, 2.05) is 30.3 Å². The van der Waals surface area contributed by atoms with Crippen LogP contribution in [0.3, 0.4) is 0 Å². The number of ether oxygens (including phenoxy) is 2. The van der Waals surface area contributed by atoms with Gasteiger partial charge in [-0.25, -0.2) is 0 Å². The molecule has 1 N–H and O–H groups in total. The van der Waals surface area contributed by atoms with Crippen molar-refractivity contribution in [3.05, 3.63) is 53.9 Å². The Morgan fingerprint density at radius 2 is 2.05 bits per heavy atom. The van der Waals surface area contributed by atoms with E-state index in [0.29, 0.717) is 18.0 Å². The lowest BCUT2D eigenvalue weighted by molar-refractivity contribution is 0.349. The molecule has 1 atom stereocenters. The van der Waals surface area contributed by atoms with Gasteiger partial charge in [0.15, 0.2) is 11.5 Å². The molecule has 0 fully saturated rings. The Morgan fingerprint density at radius 1 is 1.19 bits per heavy atom. The van der Waals surface area contributed by atoms with Crippen molar-refractivity contribution in [1.29, 1.82) is 5.26 Å². The first-order chi connectivity index (χ1) is 10.3. The molecule has 2 aromatic rings. The Balaban J connectivity index is 2.20. The van der Waals surface area contributed by atoms with Gasteiger partial charge in [-0.05, 0) is 18.2 Å². The van der Waals surface area contributed by atoms with Crippen LogP contribution in [0.1, 0.15) is 17.3 Å². The minimum atomic E-state index is -0.503. The van der Waals surface area contributed by atoms with Crippen LogP contribution in [0.15, 0.2) is 42.6 Å². The summed E-state index contributed by atoms with van der Waals surface area (Å²) in [6.07, 6.45) is 1.73. The van der Waals surface area contributed by atoms with Crippen LogP contribution >= 0.6 is 0 Å². The van der Waals surface area contributed by atoms with E-state index >= 15 is 0 Å². The number of hydrogen-bond donors (Lipinski definition) is 1. The largest absolute Gasteiger partial charge is 0.493 e. The monoisotopic (exact) mass is 283 g/mol. The maximum Gasteiger partial charge on any atom is 0.166 e. The molecule has 0 bridgehead atoms. The van der Waals surface area contributed by atoms with Gasteiger partial charge in [-0.3, -0.25) is 10.3 Å². The summed E-state index contributed by atoms with van der Waals surface area (Å²) in [4.78, 5) is 4.23. The molecule has 0 saturated heterocycles. The Hall–Kier alpha value is -2.58. The number of aromatic nitrogens is 1. The zero-order valence-corrected chi connectivity index (χ0v) is 12.0. The molecule has 1 aromatic heterocycles. The molecular weight excluding hydrogens is 266 g/mol. The minimum absolute atomic E-state index is 0.499. The molecule has 1 aromatic carbocycles. The van der Waals surface area contributed by atoms with Gasteiger partial charge in [-0.1, -0.05) is 18.2 Å². The highest BCUT2D eigenvalue weighted by molar-refractivity contribution is 5.49. The van der Waals surface area contributed by atoms with Gasteiger partial charge in [0.2, 0.25) is 0 Å². The summed E-state index contributed by atoms with van der Waals surface area (Å²) in [5.41, 5.74) is 1.62. The number of para-hydroxylation sites is 1. The van der Waals surface area contributed by atoms with Crippen LogP contribution in [0.2, 0.25) is 0 Å². The minimum Gasteiger partial charge on any atom is -0.493 e. The summed E-state index contributed by atoms with van der Waals surface area (Å²) < 4.78 is 10.6. The fraction of sp³-hybridized carbons (Fsp3) is 0.250. The number of benzene rings is 1. The average Bonchev–Trinajstić information content (AvgIpc) is 2.56. The third-order valence-electron chi connectivity index (χ3n) is 3.09. The van der Waals surface area contributed by atoms with Crippen molar-refractivity contribution in [2.24, 2.45) is 0 Å². The highest BCUT2D eigenvalue weighted by Gasteiger charge is 2.18. The molecule has 0 radical (unpaired) electrons. The summed E-state index contributed by atoms with van der Waals surface area (Å²) in [6, 6.07) is 12.9. The average molecular weight is 283 g/mol. The fourth-order valence-corrected chi connectivity index (χ4v) is 2.07. The predicted octanol–water partition coefficient (Wildman–Crippen LogP) is 2.45. The van der Waals surface area contributed by atoms with Gasteiger partial charge < -0.3 is 9.47 Å². The molecule has 0 aliphatic carbocycles. The summed E-state index contributed by atoms with van der Waals surface area (Å²) >= 11 is 0. The molecule has 1 unspecified atom stereocenters. The fourth-order valence-electron chi connectivity index (χ4n) is 2.07. The molecule has 5 nitrogen and oxygen atoms in total. The number of nitrogens with one attached hydrogen (secondary N) is 1. The second kappa shape index (κ2) is 7.27. The number of pyridine rings is 1. The second-order valence-electron chi connectivity index (χ2n) is 4.35. The zero-order valence-electron chi connectivity index (χ0n) is 12.0. The van der Waals surface area contributed by atoms with Gasteiger partial charge in [0.25, 0.3) is 0 Å². The van der Waals surface area contributed by atoms with Crippen LogP contribution in [0.25, 0.3) is 0 Å². The van der Waals surface area contributed by atoms with Crippen LogP contribution in [-0.2, 0) is 6.54 Å². The Bertz CT molecular complexity index is 623. The van der Waals surface area contributed by atoms with E-state index in [-0.39, 0.29) is 0 Å². The molecule has 0 saturated carbocycles. The van der Waals surface area contributed by atoms with E-state index in [1.165, 1.54) is 0 Å². The Kier molecular flexibility index (Phi) is 5.13. The Morgan fingerprint density at radius 3 is 2.67 bits per heavy atom. The SMILES string of the molecule is COc1cccc(C(C#N)NCc2ccccn2)c1OC. The Labute approximate surface area is 124 Å². The topological polar surface area (TPSA) is 67.2 Å². The first kappa shape index (κ1) is 14.8. The normalized spacial score (nSPS) is 11.5. The summed E-state index contributed by atoms with van der Waals surface area (Å²) in [5, 5.41) is 12.6.